The van der Waals surface area contributed by atoms with Crippen molar-refractivity contribution in [3.63, 3.8) is 0 Å². The topological polar surface area (TPSA) is 9.23 Å². The van der Waals surface area contributed by atoms with Crippen molar-refractivity contribution < 1.29 is 4.74 Å². The molecule has 3 atom stereocenters. The summed E-state index contributed by atoms with van der Waals surface area (Å²) in [5.74, 6) is 0.252. The molecule has 19 heavy (non-hydrogen) atoms. The highest BCUT2D eigenvalue weighted by atomic mass is 31.1. The molecule has 0 bridgehead atoms. The van der Waals surface area contributed by atoms with Crippen LogP contribution in [0.1, 0.15) is 24.8 Å². The molecule has 1 nitrogen and oxygen atoms in total. The molecule has 0 aromatic heterocycles. The second-order valence-corrected chi connectivity index (χ2v) is 7.70. The number of hydrogen-bond donors (Lipinski definition) is 0. The minimum absolute atomic E-state index is 0.252. The van der Waals surface area contributed by atoms with E-state index in [0.717, 1.165) is 12.3 Å². The summed E-state index contributed by atoms with van der Waals surface area (Å²) in [5, 5.41) is 1.46. The normalized spacial score (nSPS) is 27.1. The third kappa shape index (κ3) is 2.73. The molecular formula is C17H19OP. The molecule has 1 heterocycles. The third-order valence-electron chi connectivity index (χ3n) is 3.68. The summed E-state index contributed by atoms with van der Waals surface area (Å²) in [7, 11) is -0.290. The Balaban J connectivity index is 1.97. The van der Waals surface area contributed by atoms with E-state index in [1.807, 2.05) is 0 Å². The predicted octanol–water partition coefficient (Wildman–Crippen LogP) is 4.30. The van der Waals surface area contributed by atoms with Crippen LogP contribution in [0.4, 0.5) is 0 Å². The second-order valence-electron chi connectivity index (χ2n) is 5.01. The van der Waals surface area contributed by atoms with Crippen molar-refractivity contribution in [2.45, 2.75) is 24.8 Å². The van der Waals surface area contributed by atoms with Crippen molar-refractivity contribution in [2.75, 3.05) is 6.61 Å². The first-order chi connectivity index (χ1) is 9.36. The molecule has 2 aromatic carbocycles. The molecule has 3 unspecified atom stereocenters. The van der Waals surface area contributed by atoms with Crippen LogP contribution in [-0.4, -0.2) is 12.3 Å². The van der Waals surface area contributed by atoms with Crippen LogP contribution in [-0.2, 0) is 4.74 Å². The van der Waals surface area contributed by atoms with Gasteiger partial charge in [-0.15, -0.1) is 0 Å². The summed E-state index contributed by atoms with van der Waals surface area (Å²) in [5.41, 5.74) is 2.04. The van der Waals surface area contributed by atoms with E-state index in [2.05, 4.69) is 67.6 Å². The SMILES string of the molecule is CC1CCOC(c2ccccc2)P1c1ccccc1. The van der Waals surface area contributed by atoms with Crippen molar-refractivity contribution in [2.24, 2.45) is 0 Å². The maximum atomic E-state index is 6.13. The largest absolute Gasteiger partial charge is 0.369 e. The van der Waals surface area contributed by atoms with E-state index >= 15 is 0 Å². The van der Waals surface area contributed by atoms with Gasteiger partial charge in [0.15, 0.2) is 0 Å². The Morgan fingerprint density at radius 3 is 2.26 bits per heavy atom. The van der Waals surface area contributed by atoms with Gasteiger partial charge in [0.25, 0.3) is 0 Å². The van der Waals surface area contributed by atoms with E-state index in [4.69, 9.17) is 4.74 Å². The Kier molecular flexibility index (Phi) is 3.96. The van der Waals surface area contributed by atoms with Gasteiger partial charge in [-0.1, -0.05) is 67.6 Å². The Morgan fingerprint density at radius 2 is 1.58 bits per heavy atom. The molecule has 1 aliphatic rings. The average molecular weight is 270 g/mol. The highest BCUT2D eigenvalue weighted by Crippen LogP contribution is 2.57. The van der Waals surface area contributed by atoms with Gasteiger partial charge in [0.1, 0.15) is 5.85 Å². The summed E-state index contributed by atoms with van der Waals surface area (Å²) >= 11 is 0. The molecule has 0 radical (unpaired) electrons. The fourth-order valence-electron chi connectivity index (χ4n) is 2.67. The van der Waals surface area contributed by atoms with Crippen molar-refractivity contribution in [1.82, 2.24) is 0 Å². The molecule has 1 saturated heterocycles. The molecule has 0 saturated carbocycles. The van der Waals surface area contributed by atoms with Crippen LogP contribution in [0.2, 0.25) is 0 Å². The van der Waals surface area contributed by atoms with Gasteiger partial charge in [-0.05, 0) is 30.9 Å². The molecule has 0 aliphatic carbocycles. The van der Waals surface area contributed by atoms with Gasteiger partial charge in [0, 0.05) is 6.61 Å². The molecule has 0 amide bonds. The first-order valence-corrected chi connectivity index (χ1v) is 8.34. The zero-order valence-electron chi connectivity index (χ0n) is 11.2. The average Bonchev–Trinajstić information content (AvgIpc) is 2.49. The van der Waals surface area contributed by atoms with E-state index < -0.39 is 0 Å². The van der Waals surface area contributed by atoms with Crippen LogP contribution in [0.5, 0.6) is 0 Å². The monoisotopic (exact) mass is 270 g/mol. The van der Waals surface area contributed by atoms with E-state index in [1.165, 1.54) is 17.3 Å². The summed E-state index contributed by atoms with van der Waals surface area (Å²) in [6, 6.07) is 21.6. The number of rotatable bonds is 2. The van der Waals surface area contributed by atoms with Crippen LogP contribution in [0.3, 0.4) is 0 Å². The van der Waals surface area contributed by atoms with E-state index in [0.29, 0.717) is 0 Å². The lowest BCUT2D eigenvalue weighted by atomic mass is 10.2. The molecule has 3 rings (SSSR count). The summed E-state index contributed by atoms with van der Waals surface area (Å²) in [6.45, 7) is 3.25. The maximum absolute atomic E-state index is 6.13. The molecule has 98 valence electrons. The summed E-state index contributed by atoms with van der Waals surface area (Å²) in [4.78, 5) is 0. The highest BCUT2D eigenvalue weighted by molar-refractivity contribution is 7.66. The lowest BCUT2D eigenvalue weighted by Gasteiger charge is -2.37. The lowest BCUT2D eigenvalue weighted by molar-refractivity contribution is 0.0956. The van der Waals surface area contributed by atoms with E-state index in [1.54, 1.807) is 0 Å². The molecule has 1 fully saturated rings. The Bertz CT molecular complexity index is 511. The van der Waals surface area contributed by atoms with Crippen LogP contribution in [0.25, 0.3) is 0 Å². The predicted molar refractivity (Wildman–Crippen MR) is 82.2 cm³/mol. The number of ether oxygens (including phenoxy) is 1. The van der Waals surface area contributed by atoms with Gasteiger partial charge in [-0.2, -0.15) is 0 Å². The van der Waals surface area contributed by atoms with Crippen LogP contribution >= 0.6 is 7.92 Å². The van der Waals surface area contributed by atoms with Crippen molar-refractivity contribution in [3.05, 3.63) is 66.2 Å². The van der Waals surface area contributed by atoms with Crippen molar-refractivity contribution in [1.29, 1.82) is 0 Å². The fourth-order valence-corrected chi connectivity index (χ4v) is 5.57. The Morgan fingerprint density at radius 1 is 0.947 bits per heavy atom. The minimum atomic E-state index is -0.290. The molecule has 1 aliphatic heterocycles. The first kappa shape index (κ1) is 12.8. The minimum Gasteiger partial charge on any atom is -0.369 e. The third-order valence-corrected chi connectivity index (χ3v) is 6.73. The molecular weight excluding hydrogens is 251 g/mol. The van der Waals surface area contributed by atoms with Crippen molar-refractivity contribution >= 4 is 13.2 Å². The fraction of sp³-hybridized carbons (Fsp3) is 0.294. The first-order valence-electron chi connectivity index (χ1n) is 6.86. The quantitative estimate of drug-likeness (QED) is 0.739. The van der Waals surface area contributed by atoms with Crippen molar-refractivity contribution in [3.8, 4) is 0 Å². The van der Waals surface area contributed by atoms with Crippen LogP contribution < -0.4 is 5.30 Å². The Hall–Kier alpha value is -1.17. The van der Waals surface area contributed by atoms with Gasteiger partial charge < -0.3 is 4.74 Å². The zero-order chi connectivity index (χ0) is 13.1. The maximum Gasteiger partial charge on any atom is 0.106 e. The van der Waals surface area contributed by atoms with Gasteiger partial charge >= 0.3 is 0 Å². The van der Waals surface area contributed by atoms with Gasteiger partial charge in [0.05, 0.1) is 0 Å². The Labute approximate surface area is 116 Å². The zero-order valence-corrected chi connectivity index (χ0v) is 12.1. The molecule has 0 N–H and O–H groups in total. The molecule has 2 heteroatoms. The van der Waals surface area contributed by atoms with Gasteiger partial charge in [-0.3, -0.25) is 0 Å². The highest BCUT2D eigenvalue weighted by Gasteiger charge is 2.33. The molecule has 2 aromatic rings. The van der Waals surface area contributed by atoms with E-state index in [-0.39, 0.29) is 13.8 Å². The number of benzene rings is 2. The standard InChI is InChI=1S/C17H19OP/c1-14-12-13-18-17(15-8-4-2-5-9-15)19(14)16-10-6-3-7-11-16/h2-11,14,17H,12-13H2,1H3. The summed E-state index contributed by atoms with van der Waals surface area (Å²) < 4.78 is 6.13. The van der Waals surface area contributed by atoms with Crippen LogP contribution in [0.15, 0.2) is 60.7 Å². The number of hydrogen-bond acceptors (Lipinski definition) is 1. The molecule has 0 spiro atoms. The van der Waals surface area contributed by atoms with Crippen LogP contribution in [0, 0.1) is 0 Å². The van der Waals surface area contributed by atoms with E-state index in [9.17, 15) is 0 Å². The summed E-state index contributed by atoms with van der Waals surface area (Å²) in [6.07, 6.45) is 1.17. The smallest absolute Gasteiger partial charge is 0.106 e. The van der Waals surface area contributed by atoms with Gasteiger partial charge in [-0.25, -0.2) is 0 Å². The lowest BCUT2D eigenvalue weighted by Crippen LogP contribution is -2.24. The van der Waals surface area contributed by atoms with Gasteiger partial charge in [0.2, 0.25) is 0 Å². The second kappa shape index (κ2) is 5.86.